The van der Waals surface area contributed by atoms with Gasteiger partial charge in [0.1, 0.15) is 13.2 Å². The minimum atomic E-state index is -0.784. The van der Waals surface area contributed by atoms with Gasteiger partial charge in [0.2, 0.25) is 0 Å². The number of rotatable bonds is 56. The molecule has 0 heterocycles. The van der Waals surface area contributed by atoms with Crippen LogP contribution in [0.1, 0.15) is 323 Å². The number of carbonyl (C=O) groups excluding carboxylic acids is 3. The first-order valence-electron chi connectivity index (χ1n) is 30.6. The van der Waals surface area contributed by atoms with E-state index in [4.69, 9.17) is 14.2 Å². The topological polar surface area (TPSA) is 78.9 Å². The second kappa shape index (κ2) is 58.9. The van der Waals surface area contributed by atoms with Gasteiger partial charge in [-0.25, -0.2) is 0 Å². The fourth-order valence-electron chi connectivity index (χ4n) is 8.88. The van der Waals surface area contributed by atoms with E-state index in [1.54, 1.807) is 0 Å². The molecule has 0 aliphatic heterocycles. The summed E-state index contributed by atoms with van der Waals surface area (Å²) < 4.78 is 16.9. The summed E-state index contributed by atoms with van der Waals surface area (Å²) in [5, 5.41) is 0. The molecule has 70 heavy (non-hydrogen) atoms. The van der Waals surface area contributed by atoms with Gasteiger partial charge in [-0.05, 0) is 103 Å². The Morgan fingerprint density at radius 2 is 0.514 bits per heavy atom. The zero-order chi connectivity index (χ0) is 50.7. The maximum absolute atomic E-state index is 12.9. The van der Waals surface area contributed by atoms with E-state index in [2.05, 4.69) is 69.4 Å². The molecule has 0 aromatic carbocycles. The number of esters is 3. The van der Waals surface area contributed by atoms with Crippen LogP contribution in [0.15, 0.2) is 48.6 Å². The number of unbranched alkanes of at least 4 members (excludes halogenated alkanes) is 37. The quantitative estimate of drug-likeness (QED) is 0.0261. The van der Waals surface area contributed by atoms with Crippen LogP contribution < -0.4 is 0 Å². The van der Waals surface area contributed by atoms with Crippen LogP contribution in [-0.2, 0) is 28.6 Å². The molecular formula is C64H116O6. The smallest absolute Gasteiger partial charge is 0.306 e. The first-order chi connectivity index (χ1) is 34.5. The highest BCUT2D eigenvalue weighted by atomic mass is 16.6. The molecule has 0 radical (unpaired) electrons. The Hall–Kier alpha value is -2.63. The van der Waals surface area contributed by atoms with Crippen LogP contribution in [0.3, 0.4) is 0 Å². The molecule has 0 bridgehead atoms. The molecule has 6 heteroatoms. The van der Waals surface area contributed by atoms with Gasteiger partial charge in [0.05, 0.1) is 0 Å². The standard InChI is InChI=1S/C64H116O6/c1-4-7-10-13-16-19-22-25-28-30-31-32-33-34-37-39-42-45-48-51-54-57-63(66)69-60-61(59-68-62(65)56-53-50-47-44-41-38-35-27-24-21-18-15-12-9-6-3)70-64(67)58-55-52-49-46-43-40-36-29-26-23-20-17-14-11-8-5-2/h18,21,27,29-31,35-36,61H,4-17,19-20,22-26,28,32-34,37-60H2,1-3H3/b21-18-,31-30-,35-27-,36-29-. The summed E-state index contributed by atoms with van der Waals surface area (Å²) in [6.45, 7) is 6.63. The maximum atomic E-state index is 12.9. The van der Waals surface area contributed by atoms with Crippen LogP contribution >= 0.6 is 0 Å². The largest absolute Gasteiger partial charge is 0.462 e. The molecule has 0 saturated heterocycles. The lowest BCUT2D eigenvalue weighted by Crippen LogP contribution is -2.30. The molecule has 6 nitrogen and oxygen atoms in total. The first-order valence-corrected chi connectivity index (χ1v) is 30.6. The lowest BCUT2D eigenvalue weighted by atomic mass is 10.1. The average Bonchev–Trinajstić information content (AvgIpc) is 3.36. The number of ether oxygens (including phenoxy) is 3. The van der Waals surface area contributed by atoms with E-state index >= 15 is 0 Å². The van der Waals surface area contributed by atoms with Crippen LogP contribution in [0.4, 0.5) is 0 Å². The van der Waals surface area contributed by atoms with Crippen molar-refractivity contribution >= 4 is 17.9 Å². The first kappa shape index (κ1) is 67.4. The summed E-state index contributed by atoms with van der Waals surface area (Å²) in [7, 11) is 0. The van der Waals surface area contributed by atoms with Crippen molar-refractivity contribution in [2.24, 2.45) is 0 Å². The molecule has 0 aromatic heterocycles. The molecule has 0 fully saturated rings. The second-order valence-electron chi connectivity index (χ2n) is 20.6. The van der Waals surface area contributed by atoms with E-state index in [0.29, 0.717) is 19.3 Å². The van der Waals surface area contributed by atoms with Crippen molar-refractivity contribution in [3.63, 3.8) is 0 Å². The van der Waals surface area contributed by atoms with Crippen molar-refractivity contribution in [2.75, 3.05) is 13.2 Å². The molecule has 0 rings (SSSR count). The molecule has 408 valence electrons. The van der Waals surface area contributed by atoms with Gasteiger partial charge in [0.15, 0.2) is 6.10 Å². The Balaban J connectivity index is 4.35. The lowest BCUT2D eigenvalue weighted by Gasteiger charge is -2.18. The van der Waals surface area contributed by atoms with E-state index in [1.165, 1.54) is 193 Å². The number of allylic oxidation sites excluding steroid dienone is 8. The third-order valence-electron chi connectivity index (χ3n) is 13.5. The molecule has 0 aliphatic carbocycles. The molecule has 0 aliphatic rings. The normalized spacial score (nSPS) is 12.3. The van der Waals surface area contributed by atoms with Gasteiger partial charge in [-0.1, -0.05) is 249 Å². The SMILES string of the molecule is CCCCC/C=C\C/C=C\CCCCCCCC(=O)OCC(COC(=O)CCCCCCCCCCC/C=C\CCCCCCCCCC)OC(=O)CCCCCCC/C=C\CCCCCCCCC. The predicted molar refractivity (Wildman–Crippen MR) is 302 cm³/mol. The zero-order valence-corrected chi connectivity index (χ0v) is 46.8. The summed E-state index contributed by atoms with van der Waals surface area (Å²) in [6, 6.07) is 0. The van der Waals surface area contributed by atoms with Gasteiger partial charge in [-0.15, -0.1) is 0 Å². The van der Waals surface area contributed by atoms with E-state index in [0.717, 1.165) is 89.9 Å². The fraction of sp³-hybridized carbons (Fsp3) is 0.828. The molecule has 0 N–H and O–H groups in total. The van der Waals surface area contributed by atoms with Gasteiger partial charge in [0, 0.05) is 19.3 Å². The van der Waals surface area contributed by atoms with Crippen molar-refractivity contribution in [1.82, 2.24) is 0 Å². The molecule has 0 spiro atoms. The Morgan fingerprint density at radius 3 is 0.829 bits per heavy atom. The summed E-state index contributed by atoms with van der Waals surface area (Å²) >= 11 is 0. The molecular weight excluding hydrogens is 865 g/mol. The van der Waals surface area contributed by atoms with Crippen LogP contribution in [0.25, 0.3) is 0 Å². The van der Waals surface area contributed by atoms with Crippen molar-refractivity contribution in [3.05, 3.63) is 48.6 Å². The summed E-state index contributed by atoms with van der Waals surface area (Å²) in [6.07, 6.45) is 72.5. The van der Waals surface area contributed by atoms with E-state index in [-0.39, 0.29) is 31.1 Å². The molecule has 0 amide bonds. The highest BCUT2D eigenvalue weighted by molar-refractivity contribution is 5.71. The minimum absolute atomic E-state index is 0.0803. The van der Waals surface area contributed by atoms with Crippen molar-refractivity contribution in [1.29, 1.82) is 0 Å². The Bertz CT molecular complexity index is 1220. The predicted octanol–water partition coefficient (Wildman–Crippen LogP) is 20.6. The van der Waals surface area contributed by atoms with Crippen LogP contribution in [0, 0.1) is 0 Å². The number of carbonyl (C=O) groups is 3. The maximum Gasteiger partial charge on any atom is 0.306 e. The Labute approximate surface area is 435 Å². The molecule has 0 aromatic rings. The summed E-state index contributed by atoms with van der Waals surface area (Å²) in [5.41, 5.74) is 0. The molecule has 1 unspecified atom stereocenters. The van der Waals surface area contributed by atoms with Crippen molar-refractivity contribution < 1.29 is 28.6 Å². The number of hydrogen-bond acceptors (Lipinski definition) is 6. The monoisotopic (exact) mass is 981 g/mol. The van der Waals surface area contributed by atoms with Crippen LogP contribution in [0.5, 0.6) is 0 Å². The summed E-state index contributed by atoms with van der Waals surface area (Å²) in [5.74, 6) is -0.889. The highest BCUT2D eigenvalue weighted by Crippen LogP contribution is 2.16. The van der Waals surface area contributed by atoms with Gasteiger partial charge in [0.25, 0.3) is 0 Å². The molecule has 1 atom stereocenters. The van der Waals surface area contributed by atoms with E-state index in [1.807, 2.05) is 0 Å². The third-order valence-corrected chi connectivity index (χ3v) is 13.5. The Morgan fingerprint density at radius 1 is 0.286 bits per heavy atom. The van der Waals surface area contributed by atoms with E-state index < -0.39 is 6.10 Å². The van der Waals surface area contributed by atoms with E-state index in [9.17, 15) is 14.4 Å². The fourth-order valence-corrected chi connectivity index (χ4v) is 8.88. The summed E-state index contributed by atoms with van der Waals surface area (Å²) in [4.78, 5) is 38.2. The second-order valence-corrected chi connectivity index (χ2v) is 20.6. The molecule has 0 saturated carbocycles. The van der Waals surface area contributed by atoms with Crippen LogP contribution in [0.2, 0.25) is 0 Å². The lowest BCUT2D eigenvalue weighted by molar-refractivity contribution is -0.167. The van der Waals surface area contributed by atoms with Gasteiger partial charge >= 0.3 is 17.9 Å². The van der Waals surface area contributed by atoms with Crippen molar-refractivity contribution in [3.8, 4) is 0 Å². The van der Waals surface area contributed by atoms with Gasteiger partial charge in [-0.3, -0.25) is 14.4 Å². The minimum Gasteiger partial charge on any atom is -0.462 e. The number of hydrogen-bond donors (Lipinski definition) is 0. The Kier molecular flexibility index (Phi) is 56.7. The third kappa shape index (κ3) is 56.3. The van der Waals surface area contributed by atoms with Crippen molar-refractivity contribution in [2.45, 2.75) is 329 Å². The average molecular weight is 982 g/mol. The zero-order valence-electron chi connectivity index (χ0n) is 46.8. The van der Waals surface area contributed by atoms with Crippen LogP contribution in [-0.4, -0.2) is 37.2 Å². The highest BCUT2D eigenvalue weighted by Gasteiger charge is 2.19. The van der Waals surface area contributed by atoms with Gasteiger partial charge < -0.3 is 14.2 Å². The van der Waals surface area contributed by atoms with Gasteiger partial charge in [-0.2, -0.15) is 0 Å².